The summed E-state index contributed by atoms with van der Waals surface area (Å²) in [6.45, 7) is 5.51. The number of aryl methyl sites for hydroxylation is 2. The van der Waals surface area contributed by atoms with Gasteiger partial charge in [0.15, 0.2) is 0 Å². The predicted octanol–water partition coefficient (Wildman–Crippen LogP) is 6.03. The van der Waals surface area contributed by atoms with Crippen LogP contribution in [-0.2, 0) is 4.79 Å². The molecule has 3 aromatic rings. The van der Waals surface area contributed by atoms with Gasteiger partial charge in [0.1, 0.15) is 6.04 Å². The first-order valence-corrected chi connectivity index (χ1v) is 11.8. The number of anilines is 1. The molecule has 0 saturated carbocycles. The molecule has 1 aliphatic rings. The van der Waals surface area contributed by atoms with Crippen molar-refractivity contribution in [3.8, 4) is 0 Å². The maximum absolute atomic E-state index is 11.9. The molecular formula is C28H31N3O3. The third kappa shape index (κ3) is 5.33. The van der Waals surface area contributed by atoms with Crippen LogP contribution in [0.3, 0.4) is 0 Å². The molecule has 0 radical (unpaired) electrons. The summed E-state index contributed by atoms with van der Waals surface area (Å²) in [4.78, 5) is 29.7. The second kappa shape index (κ2) is 10.6. The zero-order chi connectivity index (χ0) is 24.1. The summed E-state index contributed by atoms with van der Waals surface area (Å²) >= 11 is 0. The van der Waals surface area contributed by atoms with E-state index in [1.165, 1.54) is 11.1 Å². The third-order valence-corrected chi connectivity index (χ3v) is 6.96. The molecule has 0 spiro atoms. The number of hydrogen-bond acceptors (Lipinski definition) is 5. The highest BCUT2D eigenvalue weighted by Crippen LogP contribution is 2.38. The van der Waals surface area contributed by atoms with Crippen LogP contribution in [0.5, 0.6) is 0 Å². The van der Waals surface area contributed by atoms with Crippen molar-refractivity contribution in [3.05, 3.63) is 99.7 Å². The van der Waals surface area contributed by atoms with Gasteiger partial charge in [-0.05, 0) is 79.6 Å². The normalized spacial score (nSPS) is 16.1. The summed E-state index contributed by atoms with van der Waals surface area (Å²) in [5.41, 5.74) is 6.37. The summed E-state index contributed by atoms with van der Waals surface area (Å²) in [6.07, 6.45) is 3.64. The Bertz CT molecular complexity index is 1140. The standard InChI is InChI=1S/C28H31N3O3/c1-19-5-3-4-6-25(19)26(18-27(30-34)23-11-14-29-20(2)17-23)21-7-9-24(10-8-21)31-15-12-22(13-16-31)28(32)33/h3-11,14,17,22,26-27H,12-13,15-16,18H2,1-2H3,(H,32,33)/t26-,27?/m0/s1. The van der Waals surface area contributed by atoms with Crippen molar-refractivity contribution < 1.29 is 9.90 Å². The Morgan fingerprint density at radius 2 is 1.76 bits per heavy atom. The second-order valence-electron chi connectivity index (χ2n) is 9.19. The Morgan fingerprint density at radius 3 is 2.38 bits per heavy atom. The van der Waals surface area contributed by atoms with Gasteiger partial charge in [-0.3, -0.25) is 9.78 Å². The molecule has 1 N–H and O–H groups in total. The number of piperidine rings is 1. The summed E-state index contributed by atoms with van der Waals surface area (Å²) in [5, 5.41) is 12.8. The Balaban J connectivity index is 1.60. The molecule has 0 amide bonds. The molecule has 34 heavy (non-hydrogen) atoms. The zero-order valence-electron chi connectivity index (χ0n) is 19.7. The summed E-state index contributed by atoms with van der Waals surface area (Å²) in [5.74, 6) is -0.923. The molecule has 2 aromatic carbocycles. The van der Waals surface area contributed by atoms with Crippen LogP contribution < -0.4 is 4.90 Å². The Hall–Kier alpha value is -3.54. The number of rotatable bonds is 8. The van der Waals surface area contributed by atoms with Crippen LogP contribution >= 0.6 is 0 Å². The molecule has 1 fully saturated rings. The van der Waals surface area contributed by atoms with Gasteiger partial charge in [-0.25, -0.2) is 0 Å². The number of carbonyl (C=O) groups is 1. The molecule has 4 rings (SSSR count). The number of benzene rings is 2. The molecule has 1 aromatic heterocycles. The number of nitroso groups, excluding NO2 is 1. The maximum Gasteiger partial charge on any atom is 0.306 e. The third-order valence-electron chi connectivity index (χ3n) is 6.96. The fourth-order valence-electron chi connectivity index (χ4n) is 4.96. The number of carboxylic acids is 1. The molecule has 0 aliphatic carbocycles. The molecule has 1 aliphatic heterocycles. The molecule has 176 valence electrons. The SMILES string of the molecule is Cc1cc(C(C[C@@H](c2ccc(N3CCC(C(=O)O)CC3)cc2)c2ccccc2C)N=O)ccn1. The van der Waals surface area contributed by atoms with E-state index in [2.05, 4.69) is 58.4 Å². The first kappa shape index (κ1) is 23.6. The van der Waals surface area contributed by atoms with Crippen molar-refractivity contribution in [3.63, 3.8) is 0 Å². The van der Waals surface area contributed by atoms with Crippen molar-refractivity contribution >= 4 is 11.7 Å². The monoisotopic (exact) mass is 457 g/mol. The second-order valence-corrected chi connectivity index (χ2v) is 9.19. The Labute approximate surface area is 200 Å². The molecule has 1 unspecified atom stereocenters. The number of hydrogen-bond donors (Lipinski definition) is 1. The quantitative estimate of drug-likeness (QED) is 0.418. The van der Waals surface area contributed by atoms with Gasteiger partial charge in [0, 0.05) is 36.6 Å². The van der Waals surface area contributed by atoms with Gasteiger partial charge in [0.25, 0.3) is 0 Å². The lowest BCUT2D eigenvalue weighted by Crippen LogP contribution is -2.36. The van der Waals surface area contributed by atoms with Crippen LogP contribution in [0, 0.1) is 24.7 Å². The van der Waals surface area contributed by atoms with Crippen molar-refractivity contribution in [1.29, 1.82) is 0 Å². The smallest absolute Gasteiger partial charge is 0.306 e. The fraction of sp³-hybridized carbons (Fsp3) is 0.357. The van der Waals surface area contributed by atoms with E-state index in [0.29, 0.717) is 19.3 Å². The summed E-state index contributed by atoms with van der Waals surface area (Å²) < 4.78 is 0. The highest BCUT2D eigenvalue weighted by molar-refractivity contribution is 5.70. The lowest BCUT2D eigenvalue weighted by atomic mass is 9.82. The average molecular weight is 458 g/mol. The van der Waals surface area contributed by atoms with Crippen molar-refractivity contribution in [2.45, 2.75) is 45.1 Å². The number of carboxylic acid groups (broad SMARTS) is 1. The van der Waals surface area contributed by atoms with E-state index in [1.807, 2.05) is 31.2 Å². The van der Waals surface area contributed by atoms with Gasteiger partial charge in [0.2, 0.25) is 0 Å². The average Bonchev–Trinajstić information content (AvgIpc) is 2.86. The number of pyridine rings is 1. The molecule has 1 saturated heterocycles. The van der Waals surface area contributed by atoms with E-state index in [1.54, 1.807) is 6.20 Å². The topological polar surface area (TPSA) is 82.9 Å². The molecule has 6 heteroatoms. The van der Waals surface area contributed by atoms with E-state index >= 15 is 0 Å². The van der Waals surface area contributed by atoms with E-state index < -0.39 is 12.0 Å². The van der Waals surface area contributed by atoms with Crippen molar-refractivity contribution in [1.82, 2.24) is 4.98 Å². The van der Waals surface area contributed by atoms with Crippen LogP contribution in [0.1, 0.15) is 59.2 Å². The minimum Gasteiger partial charge on any atom is -0.481 e. The van der Waals surface area contributed by atoms with Crippen LogP contribution in [0.25, 0.3) is 0 Å². The fourth-order valence-corrected chi connectivity index (χ4v) is 4.96. The van der Waals surface area contributed by atoms with Gasteiger partial charge < -0.3 is 10.0 Å². The van der Waals surface area contributed by atoms with E-state index in [-0.39, 0.29) is 11.8 Å². The summed E-state index contributed by atoms with van der Waals surface area (Å²) in [7, 11) is 0. The van der Waals surface area contributed by atoms with E-state index in [4.69, 9.17) is 0 Å². The highest BCUT2D eigenvalue weighted by atomic mass is 16.4. The zero-order valence-corrected chi connectivity index (χ0v) is 19.7. The minimum atomic E-state index is -0.696. The minimum absolute atomic E-state index is 0.0177. The number of nitrogens with zero attached hydrogens (tertiary/aromatic N) is 3. The van der Waals surface area contributed by atoms with Crippen molar-refractivity contribution in [2.24, 2.45) is 11.1 Å². The summed E-state index contributed by atoms with van der Waals surface area (Å²) in [6, 6.07) is 20.1. The van der Waals surface area contributed by atoms with Gasteiger partial charge in [-0.1, -0.05) is 41.6 Å². The molecular weight excluding hydrogens is 426 g/mol. The first-order chi connectivity index (χ1) is 16.5. The number of aliphatic carboxylic acids is 1. The lowest BCUT2D eigenvalue weighted by Gasteiger charge is -2.32. The van der Waals surface area contributed by atoms with E-state index in [0.717, 1.165) is 35.6 Å². The Morgan fingerprint density at radius 1 is 1.06 bits per heavy atom. The Kier molecular flexibility index (Phi) is 7.36. The maximum atomic E-state index is 11.9. The predicted molar refractivity (Wildman–Crippen MR) is 134 cm³/mol. The largest absolute Gasteiger partial charge is 0.481 e. The lowest BCUT2D eigenvalue weighted by molar-refractivity contribution is -0.142. The van der Waals surface area contributed by atoms with Gasteiger partial charge in [-0.15, -0.1) is 0 Å². The molecule has 2 atom stereocenters. The van der Waals surface area contributed by atoms with Gasteiger partial charge in [-0.2, -0.15) is 4.91 Å². The molecule has 0 bridgehead atoms. The number of aromatic nitrogens is 1. The first-order valence-electron chi connectivity index (χ1n) is 11.8. The van der Waals surface area contributed by atoms with Crippen LogP contribution in [-0.4, -0.2) is 29.1 Å². The van der Waals surface area contributed by atoms with Crippen molar-refractivity contribution in [2.75, 3.05) is 18.0 Å². The van der Waals surface area contributed by atoms with Gasteiger partial charge in [0.05, 0.1) is 5.92 Å². The van der Waals surface area contributed by atoms with Gasteiger partial charge >= 0.3 is 5.97 Å². The van der Waals surface area contributed by atoms with Crippen LogP contribution in [0.2, 0.25) is 0 Å². The van der Waals surface area contributed by atoms with Crippen LogP contribution in [0.15, 0.2) is 72.0 Å². The molecule has 2 heterocycles. The highest BCUT2D eigenvalue weighted by Gasteiger charge is 2.26. The molecule has 6 nitrogen and oxygen atoms in total. The van der Waals surface area contributed by atoms with Crippen LogP contribution in [0.4, 0.5) is 5.69 Å². The van der Waals surface area contributed by atoms with E-state index in [9.17, 15) is 14.8 Å².